The summed E-state index contributed by atoms with van der Waals surface area (Å²) >= 11 is 0. The molecule has 5 heteroatoms. The Morgan fingerprint density at radius 3 is 2.68 bits per heavy atom. The third-order valence-corrected chi connectivity index (χ3v) is 3.45. The Bertz CT molecular complexity index is 674. The fourth-order valence-electron chi connectivity index (χ4n) is 2.28. The van der Waals surface area contributed by atoms with Crippen molar-refractivity contribution in [3.8, 4) is 11.5 Å². The van der Waals surface area contributed by atoms with Crippen LogP contribution in [-0.2, 0) is 11.2 Å². The second kappa shape index (κ2) is 6.47. The third kappa shape index (κ3) is 3.19. The van der Waals surface area contributed by atoms with Gasteiger partial charge in [0.25, 0.3) is 5.91 Å². The van der Waals surface area contributed by atoms with Crippen LogP contribution in [-0.4, -0.2) is 25.2 Å². The number of nitrogens with one attached hydrogen (secondary N) is 1. The van der Waals surface area contributed by atoms with E-state index in [1.807, 2.05) is 12.1 Å². The minimum absolute atomic E-state index is 0.169. The van der Waals surface area contributed by atoms with Crippen LogP contribution in [0.1, 0.15) is 5.56 Å². The Morgan fingerprint density at radius 1 is 1.14 bits per heavy atom. The van der Waals surface area contributed by atoms with Gasteiger partial charge in [-0.3, -0.25) is 4.79 Å². The van der Waals surface area contributed by atoms with Crippen molar-refractivity contribution in [1.82, 2.24) is 5.32 Å². The summed E-state index contributed by atoms with van der Waals surface area (Å²) < 4.78 is 24.6. The Hall–Kier alpha value is -2.56. The van der Waals surface area contributed by atoms with Crippen molar-refractivity contribution in [2.75, 3.05) is 13.2 Å². The summed E-state index contributed by atoms with van der Waals surface area (Å²) in [6.45, 7) is 0.518. The molecule has 1 amide bonds. The van der Waals surface area contributed by atoms with E-state index >= 15 is 0 Å². The van der Waals surface area contributed by atoms with E-state index in [0.29, 0.717) is 30.0 Å². The fraction of sp³-hybridized carbons (Fsp3) is 0.235. The Morgan fingerprint density at radius 2 is 1.86 bits per heavy atom. The van der Waals surface area contributed by atoms with E-state index in [1.54, 1.807) is 30.3 Å². The summed E-state index contributed by atoms with van der Waals surface area (Å²) in [7, 11) is 0. The molecule has 1 aliphatic rings. The van der Waals surface area contributed by atoms with E-state index in [1.165, 1.54) is 6.07 Å². The highest BCUT2D eigenvalue weighted by Crippen LogP contribution is 2.30. The number of ether oxygens (including phenoxy) is 2. The highest BCUT2D eigenvalue weighted by atomic mass is 19.1. The molecule has 0 aliphatic carbocycles. The summed E-state index contributed by atoms with van der Waals surface area (Å²) in [5.74, 6) is 0.676. The lowest BCUT2D eigenvalue weighted by molar-refractivity contribution is -0.130. The molecule has 0 radical (unpaired) electrons. The molecule has 2 aromatic rings. The van der Waals surface area contributed by atoms with Gasteiger partial charge < -0.3 is 14.8 Å². The van der Waals surface area contributed by atoms with Gasteiger partial charge in [-0.25, -0.2) is 4.39 Å². The van der Waals surface area contributed by atoms with Gasteiger partial charge in [0.15, 0.2) is 11.5 Å². The first kappa shape index (κ1) is 14.4. The van der Waals surface area contributed by atoms with E-state index in [0.717, 1.165) is 0 Å². The molecule has 1 unspecified atom stereocenters. The zero-order valence-corrected chi connectivity index (χ0v) is 11.9. The van der Waals surface area contributed by atoms with Crippen LogP contribution in [0.5, 0.6) is 11.5 Å². The van der Waals surface area contributed by atoms with Crippen LogP contribution in [0.15, 0.2) is 48.5 Å². The second-order valence-corrected chi connectivity index (χ2v) is 5.00. The number of rotatable bonds is 4. The number of carbonyl (C=O) groups excluding carboxylic acids is 1. The number of hydrogen-bond acceptors (Lipinski definition) is 3. The van der Waals surface area contributed by atoms with Crippen LogP contribution >= 0.6 is 0 Å². The Labute approximate surface area is 127 Å². The van der Waals surface area contributed by atoms with E-state index in [4.69, 9.17) is 9.47 Å². The maximum absolute atomic E-state index is 13.5. The van der Waals surface area contributed by atoms with Gasteiger partial charge >= 0.3 is 0 Å². The highest BCUT2D eigenvalue weighted by molar-refractivity contribution is 5.81. The molecule has 2 aromatic carbocycles. The fourth-order valence-corrected chi connectivity index (χ4v) is 2.28. The molecule has 0 spiro atoms. The van der Waals surface area contributed by atoms with E-state index in [-0.39, 0.29) is 18.3 Å². The summed E-state index contributed by atoms with van der Waals surface area (Å²) in [6.07, 6.45) is -0.252. The van der Waals surface area contributed by atoms with Gasteiger partial charge in [-0.1, -0.05) is 30.3 Å². The van der Waals surface area contributed by atoms with Gasteiger partial charge in [-0.05, 0) is 30.2 Å². The van der Waals surface area contributed by atoms with E-state index in [9.17, 15) is 9.18 Å². The predicted octanol–water partition coefficient (Wildman–Crippen LogP) is 2.32. The maximum atomic E-state index is 13.5. The SMILES string of the molecule is O=C(NCCc1ccccc1F)C1COc2ccccc2O1. The van der Waals surface area contributed by atoms with Gasteiger partial charge in [0, 0.05) is 6.54 Å². The normalized spacial score (nSPS) is 16.1. The number of fused-ring (bicyclic) bond motifs is 1. The first-order valence-corrected chi connectivity index (χ1v) is 7.13. The molecule has 1 N–H and O–H groups in total. The average Bonchev–Trinajstić information content (AvgIpc) is 2.56. The number of halogens is 1. The first-order valence-electron chi connectivity index (χ1n) is 7.13. The van der Waals surface area contributed by atoms with Crippen LogP contribution in [0.25, 0.3) is 0 Å². The number of amides is 1. The molecule has 0 saturated heterocycles. The number of carbonyl (C=O) groups is 1. The molecule has 1 aliphatic heterocycles. The van der Waals surface area contributed by atoms with Crippen molar-refractivity contribution in [1.29, 1.82) is 0 Å². The molecule has 0 aromatic heterocycles. The van der Waals surface area contributed by atoms with Crippen molar-refractivity contribution < 1.29 is 18.7 Å². The minimum Gasteiger partial charge on any atom is -0.485 e. The van der Waals surface area contributed by atoms with Crippen molar-refractivity contribution >= 4 is 5.91 Å². The summed E-state index contributed by atoms with van der Waals surface area (Å²) in [6, 6.07) is 13.7. The first-order chi connectivity index (χ1) is 10.7. The molecule has 22 heavy (non-hydrogen) atoms. The Balaban J connectivity index is 1.52. The molecule has 3 rings (SSSR count). The molecule has 0 saturated carbocycles. The zero-order chi connectivity index (χ0) is 15.4. The molecular weight excluding hydrogens is 285 g/mol. The molecule has 1 atom stereocenters. The monoisotopic (exact) mass is 301 g/mol. The van der Waals surface area contributed by atoms with E-state index in [2.05, 4.69) is 5.32 Å². The number of para-hydroxylation sites is 2. The summed E-state index contributed by atoms with van der Waals surface area (Å²) in [4.78, 5) is 12.1. The molecule has 1 heterocycles. The highest BCUT2D eigenvalue weighted by Gasteiger charge is 2.26. The van der Waals surface area contributed by atoms with Crippen LogP contribution in [0, 0.1) is 5.82 Å². The van der Waals surface area contributed by atoms with Gasteiger partial charge in [0.05, 0.1) is 0 Å². The van der Waals surface area contributed by atoms with Crippen molar-refractivity contribution in [3.05, 3.63) is 59.9 Å². The lowest BCUT2D eigenvalue weighted by Gasteiger charge is -2.25. The van der Waals surface area contributed by atoms with Gasteiger partial charge in [-0.2, -0.15) is 0 Å². The summed E-state index contributed by atoms with van der Waals surface area (Å²) in [5, 5.41) is 2.75. The van der Waals surface area contributed by atoms with Crippen LogP contribution in [0.3, 0.4) is 0 Å². The van der Waals surface area contributed by atoms with Gasteiger partial charge in [-0.15, -0.1) is 0 Å². The lowest BCUT2D eigenvalue weighted by atomic mass is 10.1. The molecule has 0 bridgehead atoms. The van der Waals surface area contributed by atoms with Crippen molar-refractivity contribution in [2.24, 2.45) is 0 Å². The lowest BCUT2D eigenvalue weighted by Crippen LogP contribution is -2.44. The largest absolute Gasteiger partial charge is 0.485 e. The van der Waals surface area contributed by atoms with Crippen LogP contribution in [0.2, 0.25) is 0 Å². The molecule has 114 valence electrons. The van der Waals surface area contributed by atoms with Crippen LogP contribution < -0.4 is 14.8 Å². The molecule has 4 nitrogen and oxygen atoms in total. The molecular formula is C17H16FNO3. The Kier molecular flexibility index (Phi) is 4.23. The van der Waals surface area contributed by atoms with Gasteiger partial charge in [0.1, 0.15) is 12.4 Å². The average molecular weight is 301 g/mol. The molecule has 0 fully saturated rings. The third-order valence-electron chi connectivity index (χ3n) is 3.45. The predicted molar refractivity (Wildman–Crippen MR) is 79.5 cm³/mol. The number of hydrogen-bond donors (Lipinski definition) is 1. The minimum atomic E-state index is -0.685. The summed E-state index contributed by atoms with van der Waals surface area (Å²) in [5.41, 5.74) is 0.578. The smallest absolute Gasteiger partial charge is 0.264 e. The maximum Gasteiger partial charge on any atom is 0.264 e. The van der Waals surface area contributed by atoms with Crippen molar-refractivity contribution in [3.63, 3.8) is 0 Å². The zero-order valence-electron chi connectivity index (χ0n) is 11.9. The van der Waals surface area contributed by atoms with E-state index < -0.39 is 6.10 Å². The van der Waals surface area contributed by atoms with Crippen molar-refractivity contribution in [2.45, 2.75) is 12.5 Å². The standard InChI is InChI=1S/C17H16FNO3/c18-13-6-2-1-5-12(13)9-10-19-17(20)16-11-21-14-7-3-4-8-15(14)22-16/h1-8,16H,9-11H2,(H,19,20). The number of benzene rings is 2. The topological polar surface area (TPSA) is 47.6 Å². The quantitative estimate of drug-likeness (QED) is 0.943. The van der Waals surface area contributed by atoms with Crippen LogP contribution in [0.4, 0.5) is 4.39 Å². The van der Waals surface area contributed by atoms with Gasteiger partial charge in [0.2, 0.25) is 6.10 Å². The second-order valence-electron chi connectivity index (χ2n) is 5.00.